The topological polar surface area (TPSA) is 50.5 Å². The van der Waals surface area contributed by atoms with Crippen molar-refractivity contribution in [3.63, 3.8) is 0 Å². The predicted octanol–water partition coefficient (Wildman–Crippen LogP) is 2.20. The summed E-state index contributed by atoms with van der Waals surface area (Å²) in [7, 11) is 0. The predicted molar refractivity (Wildman–Crippen MR) is 74.7 cm³/mol. The second-order valence-electron chi connectivity index (χ2n) is 4.90. The van der Waals surface area contributed by atoms with Gasteiger partial charge in [-0.1, -0.05) is 18.2 Å². The molecule has 1 aromatic carbocycles. The molecular weight excluding hydrogens is 252 g/mol. The van der Waals surface area contributed by atoms with Crippen LogP contribution in [-0.4, -0.2) is 20.3 Å². The Bertz CT molecular complexity index is 837. The van der Waals surface area contributed by atoms with E-state index in [9.17, 15) is 4.79 Å². The highest BCUT2D eigenvalue weighted by atomic mass is 16.2. The van der Waals surface area contributed by atoms with E-state index < -0.39 is 0 Å². The van der Waals surface area contributed by atoms with Crippen LogP contribution in [0, 0.1) is 6.92 Å². The Kier molecular flexibility index (Phi) is 2.18. The number of carbonyl (C=O) groups is 1. The third-order valence-corrected chi connectivity index (χ3v) is 3.60. The lowest BCUT2D eigenvalue weighted by Gasteiger charge is -2.14. The molecule has 3 aromatic rings. The molecule has 2 aromatic heterocycles. The van der Waals surface area contributed by atoms with Crippen molar-refractivity contribution >= 4 is 17.5 Å². The molecule has 0 saturated carbocycles. The number of hydrogen-bond donors (Lipinski definition) is 0. The molecule has 20 heavy (non-hydrogen) atoms. The van der Waals surface area contributed by atoms with Gasteiger partial charge in [0.05, 0.1) is 12.7 Å². The van der Waals surface area contributed by atoms with Crippen molar-refractivity contribution in [2.75, 3.05) is 4.90 Å². The minimum Gasteiger partial charge on any atom is -0.288 e. The first kappa shape index (κ1) is 11.2. The lowest BCUT2D eigenvalue weighted by molar-refractivity contribution is 0.0995. The number of carbonyl (C=O) groups excluding carboxylic acids is 1. The zero-order valence-corrected chi connectivity index (χ0v) is 10.9. The SMILES string of the molecule is Cc1ccn2c(N3Cc4ccccc4C3=O)cnc2n1. The molecule has 1 aliphatic heterocycles. The molecule has 5 heteroatoms. The number of benzene rings is 1. The Morgan fingerprint density at radius 1 is 1.20 bits per heavy atom. The summed E-state index contributed by atoms with van der Waals surface area (Å²) < 4.78 is 1.84. The smallest absolute Gasteiger partial charge is 0.260 e. The van der Waals surface area contributed by atoms with Crippen LogP contribution in [0.25, 0.3) is 5.78 Å². The van der Waals surface area contributed by atoms with Crippen LogP contribution in [0.2, 0.25) is 0 Å². The largest absolute Gasteiger partial charge is 0.288 e. The molecule has 0 saturated heterocycles. The van der Waals surface area contributed by atoms with Gasteiger partial charge in [-0.05, 0) is 24.6 Å². The van der Waals surface area contributed by atoms with Gasteiger partial charge in [-0.2, -0.15) is 0 Å². The Hall–Kier alpha value is -2.69. The summed E-state index contributed by atoms with van der Waals surface area (Å²) in [6, 6.07) is 9.60. The van der Waals surface area contributed by atoms with Gasteiger partial charge >= 0.3 is 0 Å². The summed E-state index contributed by atoms with van der Waals surface area (Å²) in [4.78, 5) is 22.8. The molecular formula is C15H12N4O. The Balaban J connectivity index is 1.84. The van der Waals surface area contributed by atoms with Gasteiger partial charge in [0.2, 0.25) is 5.78 Å². The van der Waals surface area contributed by atoms with Gasteiger partial charge in [0, 0.05) is 17.5 Å². The number of rotatable bonds is 1. The van der Waals surface area contributed by atoms with E-state index >= 15 is 0 Å². The summed E-state index contributed by atoms with van der Waals surface area (Å²) >= 11 is 0. The van der Waals surface area contributed by atoms with Gasteiger partial charge in [0.15, 0.2) is 0 Å². The van der Waals surface area contributed by atoms with Crippen LogP contribution in [-0.2, 0) is 6.54 Å². The molecule has 4 rings (SSSR count). The van der Waals surface area contributed by atoms with Crippen molar-refractivity contribution in [2.45, 2.75) is 13.5 Å². The lowest BCUT2D eigenvalue weighted by Crippen LogP contribution is -2.24. The van der Waals surface area contributed by atoms with Crippen LogP contribution in [0.4, 0.5) is 5.82 Å². The van der Waals surface area contributed by atoms with E-state index in [1.807, 2.05) is 47.9 Å². The molecule has 0 bridgehead atoms. The van der Waals surface area contributed by atoms with E-state index in [1.165, 1.54) is 0 Å². The van der Waals surface area contributed by atoms with Crippen molar-refractivity contribution in [1.82, 2.24) is 14.4 Å². The molecule has 1 amide bonds. The van der Waals surface area contributed by atoms with Gasteiger partial charge in [-0.15, -0.1) is 0 Å². The fraction of sp³-hybridized carbons (Fsp3) is 0.133. The van der Waals surface area contributed by atoms with E-state index in [2.05, 4.69) is 9.97 Å². The van der Waals surface area contributed by atoms with Crippen LogP contribution in [0.15, 0.2) is 42.7 Å². The minimum atomic E-state index is 0.0166. The summed E-state index contributed by atoms with van der Waals surface area (Å²) in [5.41, 5.74) is 2.72. The van der Waals surface area contributed by atoms with Crippen molar-refractivity contribution in [3.8, 4) is 0 Å². The molecule has 0 atom stereocenters. The van der Waals surface area contributed by atoms with Crippen molar-refractivity contribution in [1.29, 1.82) is 0 Å². The molecule has 0 aliphatic carbocycles. The number of nitrogens with zero attached hydrogens (tertiary/aromatic N) is 4. The number of anilines is 1. The highest BCUT2D eigenvalue weighted by Gasteiger charge is 2.29. The first-order chi connectivity index (χ1) is 9.74. The van der Waals surface area contributed by atoms with Crippen molar-refractivity contribution in [2.24, 2.45) is 0 Å². The normalized spacial score (nSPS) is 14.1. The zero-order chi connectivity index (χ0) is 13.7. The van der Waals surface area contributed by atoms with E-state index in [0.717, 1.165) is 22.6 Å². The number of hydrogen-bond acceptors (Lipinski definition) is 3. The fourth-order valence-corrected chi connectivity index (χ4v) is 2.58. The zero-order valence-electron chi connectivity index (χ0n) is 10.9. The Morgan fingerprint density at radius 2 is 2.05 bits per heavy atom. The molecule has 0 unspecified atom stereocenters. The average molecular weight is 264 g/mol. The number of aryl methyl sites for hydroxylation is 1. The molecule has 0 N–H and O–H groups in total. The van der Waals surface area contributed by atoms with Crippen molar-refractivity contribution < 1.29 is 4.79 Å². The maximum Gasteiger partial charge on any atom is 0.260 e. The van der Waals surface area contributed by atoms with Gasteiger partial charge in [0.1, 0.15) is 5.82 Å². The number of fused-ring (bicyclic) bond motifs is 2. The van der Waals surface area contributed by atoms with Gasteiger partial charge in [-0.25, -0.2) is 9.97 Å². The molecule has 0 spiro atoms. The highest BCUT2D eigenvalue weighted by Crippen LogP contribution is 2.28. The van der Waals surface area contributed by atoms with E-state index in [4.69, 9.17) is 0 Å². The first-order valence-corrected chi connectivity index (χ1v) is 6.44. The van der Waals surface area contributed by atoms with Crippen LogP contribution in [0.3, 0.4) is 0 Å². The summed E-state index contributed by atoms with van der Waals surface area (Å²) in [6.07, 6.45) is 3.60. The van der Waals surface area contributed by atoms with Crippen LogP contribution < -0.4 is 4.90 Å². The fourth-order valence-electron chi connectivity index (χ4n) is 2.58. The Labute approximate surface area is 115 Å². The maximum atomic E-state index is 12.5. The molecule has 0 fully saturated rings. The molecule has 3 heterocycles. The Morgan fingerprint density at radius 3 is 2.90 bits per heavy atom. The second kappa shape index (κ2) is 3.90. The average Bonchev–Trinajstić information content (AvgIpc) is 3.00. The standard InChI is InChI=1S/C15H12N4O/c1-10-6-7-18-13(8-16-15(18)17-10)19-9-11-4-2-3-5-12(11)14(19)20/h2-8H,9H2,1H3. The quantitative estimate of drug-likeness (QED) is 0.677. The van der Waals surface area contributed by atoms with E-state index in [-0.39, 0.29) is 5.91 Å². The van der Waals surface area contributed by atoms with Gasteiger partial charge in [0.25, 0.3) is 5.91 Å². The van der Waals surface area contributed by atoms with Crippen LogP contribution in [0.1, 0.15) is 21.6 Å². The molecule has 1 aliphatic rings. The third kappa shape index (κ3) is 1.46. The monoisotopic (exact) mass is 264 g/mol. The summed E-state index contributed by atoms with van der Waals surface area (Å²) in [5, 5.41) is 0. The highest BCUT2D eigenvalue weighted by molar-refractivity contribution is 6.09. The van der Waals surface area contributed by atoms with Crippen LogP contribution in [0.5, 0.6) is 0 Å². The molecule has 98 valence electrons. The number of imidazole rings is 1. The summed E-state index contributed by atoms with van der Waals surface area (Å²) in [5.74, 6) is 1.39. The third-order valence-electron chi connectivity index (χ3n) is 3.60. The molecule has 5 nitrogen and oxygen atoms in total. The van der Waals surface area contributed by atoms with E-state index in [0.29, 0.717) is 12.3 Å². The van der Waals surface area contributed by atoms with Crippen LogP contribution >= 0.6 is 0 Å². The first-order valence-electron chi connectivity index (χ1n) is 6.44. The van der Waals surface area contributed by atoms with E-state index in [1.54, 1.807) is 11.1 Å². The molecule has 0 radical (unpaired) electrons. The number of aromatic nitrogens is 3. The minimum absolute atomic E-state index is 0.0166. The summed E-state index contributed by atoms with van der Waals surface area (Å²) in [6.45, 7) is 2.50. The van der Waals surface area contributed by atoms with Gasteiger partial charge in [-0.3, -0.25) is 14.1 Å². The second-order valence-corrected chi connectivity index (χ2v) is 4.90. The lowest BCUT2D eigenvalue weighted by atomic mass is 10.1. The number of amides is 1. The van der Waals surface area contributed by atoms with Gasteiger partial charge < -0.3 is 0 Å². The van der Waals surface area contributed by atoms with Crippen molar-refractivity contribution in [3.05, 3.63) is 59.5 Å². The maximum absolute atomic E-state index is 12.5.